The van der Waals surface area contributed by atoms with E-state index in [1.54, 1.807) is 159 Å². The van der Waals surface area contributed by atoms with Crippen molar-refractivity contribution >= 4 is 35.1 Å². The third-order valence-electron chi connectivity index (χ3n) is 9.66. The maximum Gasteiger partial charge on any atom is 0.305 e. The van der Waals surface area contributed by atoms with Gasteiger partial charge >= 0.3 is 11.9 Å². The Hall–Kier alpha value is -8.62. The second-order valence-corrected chi connectivity index (χ2v) is 14.6. The van der Waals surface area contributed by atoms with Crippen molar-refractivity contribution in [3.05, 3.63) is 168 Å². The molecule has 0 aliphatic heterocycles. The molecule has 6 aromatic rings. The molecule has 0 aliphatic carbocycles. The second-order valence-electron chi connectivity index (χ2n) is 14.6. The van der Waals surface area contributed by atoms with Crippen LogP contribution in [0.5, 0.6) is 34.5 Å². The Kier molecular flexibility index (Phi) is 20.5. The number of nitrogens with zero attached hydrogens (tertiary/aromatic N) is 2. The van der Waals surface area contributed by atoms with Crippen LogP contribution in [-0.4, -0.2) is 50.2 Å². The zero-order valence-corrected chi connectivity index (χ0v) is 37.9. The molecule has 68 heavy (non-hydrogen) atoms. The lowest BCUT2D eigenvalue weighted by Gasteiger charge is -2.13. The number of carbonyl (C=O) groups is 4. The third kappa shape index (κ3) is 16.4. The fraction of sp³-hybridized carbons (Fsp3) is 0.222. The van der Waals surface area contributed by atoms with Crippen molar-refractivity contribution in [1.82, 2.24) is 0 Å². The highest BCUT2D eigenvalue weighted by Gasteiger charge is 2.14. The van der Waals surface area contributed by atoms with E-state index in [0.717, 1.165) is 19.3 Å². The van der Waals surface area contributed by atoms with Gasteiger partial charge in [-0.2, -0.15) is 10.5 Å². The summed E-state index contributed by atoms with van der Waals surface area (Å²) in [4.78, 5) is 48.2. The molecule has 0 fully saturated rings. The number of hydrogen-bond donors (Lipinski definition) is 2. The second kappa shape index (κ2) is 27.6. The minimum absolute atomic E-state index is 0.163. The number of nitrogens with one attached hydrogen (secondary N) is 2. The number of unbranched alkanes of at least 4 members (excludes halogenated alkanes) is 2. The van der Waals surface area contributed by atoms with Gasteiger partial charge in [0.05, 0.1) is 48.9 Å². The summed E-state index contributed by atoms with van der Waals surface area (Å²) in [5, 5.41) is 24.3. The number of ether oxygens (including phenoxy) is 6. The molecule has 6 rings (SSSR count). The van der Waals surface area contributed by atoms with Crippen molar-refractivity contribution in [1.29, 1.82) is 10.5 Å². The summed E-state index contributed by atoms with van der Waals surface area (Å²) in [5.74, 6) is 1.95. The molecule has 0 atom stereocenters. The van der Waals surface area contributed by atoms with Crippen molar-refractivity contribution in [2.45, 2.75) is 52.4 Å². The lowest BCUT2D eigenvalue weighted by molar-refractivity contribution is -0.144. The van der Waals surface area contributed by atoms with E-state index in [2.05, 4.69) is 22.8 Å². The number of hydrogen-bond acceptors (Lipinski definition) is 12. The fourth-order valence-electron chi connectivity index (χ4n) is 6.26. The summed E-state index contributed by atoms with van der Waals surface area (Å²) in [6.45, 7) is 5.25. The average Bonchev–Trinajstić information content (AvgIpc) is 3.36. The Balaban J connectivity index is 0.000000255. The molecule has 2 N–H and O–H groups in total. The van der Waals surface area contributed by atoms with E-state index in [1.165, 1.54) is 0 Å². The number of rotatable bonds is 22. The van der Waals surface area contributed by atoms with Crippen LogP contribution in [0, 0.1) is 22.7 Å². The summed E-state index contributed by atoms with van der Waals surface area (Å²) in [6.07, 6.45) is 3.75. The molecule has 348 valence electrons. The molecular weight excluding hydrogens is 865 g/mol. The predicted molar refractivity (Wildman–Crippen MR) is 256 cm³/mol. The van der Waals surface area contributed by atoms with E-state index in [0.29, 0.717) is 114 Å². The Morgan fingerprint density at radius 1 is 0.456 bits per heavy atom. The highest BCUT2D eigenvalue weighted by atomic mass is 16.5. The van der Waals surface area contributed by atoms with Gasteiger partial charge in [-0.15, -0.1) is 0 Å². The van der Waals surface area contributed by atoms with Gasteiger partial charge in [-0.1, -0.05) is 48.5 Å². The van der Waals surface area contributed by atoms with Crippen LogP contribution in [-0.2, 0) is 19.1 Å². The minimum Gasteiger partial charge on any atom is -0.494 e. The number of anilines is 2. The van der Waals surface area contributed by atoms with Crippen LogP contribution >= 0.6 is 0 Å². The zero-order valence-electron chi connectivity index (χ0n) is 37.9. The number of benzene rings is 6. The van der Waals surface area contributed by atoms with E-state index in [1.807, 2.05) is 0 Å². The Labute approximate surface area is 396 Å². The quantitative estimate of drug-likeness (QED) is 0.0484. The van der Waals surface area contributed by atoms with Gasteiger partial charge in [0.2, 0.25) is 0 Å². The fourth-order valence-corrected chi connectivity index (χ4v) is 6.26. The predicted octanol–water partition coefficient (Wildman–Crippen LogP) is 11.4. The van der Waals surface area contributed by atoms with Gasteiger partial charge in [0.25, 0.3) is 11.8 Å². The van der Waals surface area contributed by atoms with Crippen LogP contribution in [0.1, 0.15) is 84.2 Å². The lowest BCUT2D eigenvalue weighted by Crippen LogP contribution is -2.12. The Bertz CT molecular complexity index is 2670. The molecule has 0 saturated carbocycles. The van der Waals surface area contributed by atoms with Gasteiger partial charge in [0.15, 0.2) is 11.5 Å². The first-order valence-corrected chi connectivity index (χ1v) is 22.1. The van der Waals surface area contributed by atoms with E-state index >= 15 is 0 Å². The van der Waals surface area contributed by atoms with Crippen molar-refractivity contribution in [2.24, 2.45) is 0 Å². The summed E-state index contributed by atoms with van der Waals surface area (Å²) in [7, 11) is 0. The molecule has 0 radical (unpaired) electrons. The van der Waals surface area contributed by atoms with Crippen LogP contribution in [0.3, 0.4) is 0 Å². The summed E-state index contributed by atoms with van der Waals surface area (Å²) < 4.78 is 32.9. The van der Waals surface area contributed by atoms with Gasteiger partial charge < -0.3 is 39.1 Å². The molecular formula is C54H52N4O10. The first kappa shape index (κ1) is 50.4. The Morgan fingerprint density at radius 2 is 0.838 bits per heavy atom. The van der Waals surface area contributed by atoms with Gasteiger partial charge in [-0.25, -0.2) is 0 Å². The van der Waals surface area contributed by atoms with E-state index < -0.39 is 0 Å². The zero-order chi connectivity index (χ0) is 48.4. The van der Waals surface area contributed by atoms with Gasteiger partial charge in [0, 0.05) is 24.0 Å². The summed E-state index contributed by atoms with van der Waals surface area (Å²) in [6, 6.07) is 45.7. The van der Waals surface area contributed by atoms with Crippen molar-refractivity contribution < 1.29 is 47.6 Å². The molecule has 0 saturated heterocycles. The largest absolute Gasteiger partial charge is 0.494 e. The van der Waals surface area contributed by atoms with E-state index in [9.17, 15) is 29.7 Å². The molecule has 2 amide bonds. The van der Waals surface area contributed by atoms with Crippen LogP contribution in [0.15, 0.2) is 146 Å². The summed E-state index contributed by atoms with van der Waals surface area (Å²) in [5.41, 5.74) is 2.70. The molecule has 0 aliphatic rings. The highest BCUT2D eigenvalue weighted by molar-refractivity contribution is 6.05. The van der Waals surface area contributed by atoms with Crippen molar-refractivity contribution in [2.75, 3.05) is 37.1 Å². The first-order chi connectivity index (χ1) is 33.2. The highest BCUT2D eigenvalue weighted by Crippen LogP contribution is 2.33. The Morgan fingerprint density at radius 3 is 1.26 bits per heavy atom. The maximum atomic E-state index is 12.8. The normalized spacial score (nSPS) is 10.1. The molecule has 0 unspecified atom stereocenters. The molecule has 14 nitrogen and oxygen atoms in total. The number of para-hydroxylation sites is 6. The lowest BCUT2D eigenvalue weighted by atomic mass is 10.2. The average molecular weight is 917 g/mol. The minimum atomic E-state index is -0.312. The topological polar surface area (TPSA) is 195 Å². The van der Waals surface area contributed by atoms with Crippen LogP contribution in [0.2, 0.25) is 0 Å². The molecule has 0 heterocycles. The summed E-state index contributed by atoms with van der Waals surface area (Å²) >= 11 is 0. The van der Waals surface area contributed by atoms with Crippen LogP contribution < -0.4 is 29.6 Å². The maximum absolute atomic E-state index is 12.8. The van der Waals surface area contributed by atoms with Gasteiger partial charge in [0.1, 0.15) is 35.1 Å². The standard InChI is InChI=1S/C28H28N2O5.C26H24N2O5/c1-2-33-27(31)14-4-3-9-19-34-23-17-15-21(16-18-23)28(32)30-24-11-6-8-13-26(24)35-25-12-7-5-10-22(25)20-29;1-2-31-25(29)12-7-17-32-21-15-13-19(14-16-21)26(30)28-22-9-4-6-11-24(22)33-23-10-5-3-8-20(23)18-27/h5-8,10-13,15-18H,2-4,9,14,19H2,1H3,(H,30,32);3-6,8-11,13-16H,2,7,12,17H2,1H3,(H,28,30). The van der Waals surface area contributed by atoms with E-state index in [4.69, 9.17) is 28.4 Å². The first-order valence-electron chi connectivity index (χ1n) is 22.1. The molecule has 0 spiro atoms. The number of esters is 2. The van der Waals surface area contributed by atoms with E-state index in [-0.39, 0.29) is 23.8 Å². The SMILES string of the molecule is CCOC(=O)CCCCCOc1ccc(C(=O)Nc2ccccc2Oc2ccccc2C#N)cc1.CCOC(=O)CCCOc1ccc(C(=O)Nc2ccccc2Oc2ccccc2C#N)cc1. The number of nitriles is 2. The molecule has 0 bridgehead atoms. The number of amides is 2. The van der Waals surface area contributed by atoms with Crippen molar-refractivity contribution in [3.63, 3.8) is 0 Å². The smallest absolute Gasteiger partial charge is 0.305 e. The van der Waals surface area contributed by atoms with Gasteiger partial charge in [-0.05, 0) is 137 Å². The molecule has 0 aromatic heterocycles. The molecule has 14 heteroatoms. The third-order valence-corrected chi connectivity index (χ3v) is 9.66. The molecule has 6 aromatic carbocycles. The van der Waals surface area contributed by atoms with Crippen molar-refractivity contribution in [3.8, 4) is 46.6 Å². The van der Waals surface area contributed by atoms with Crippen LogP contribution in [0.4, 0.5) is 11.4 Å². The van der Waals surface area contributed by atoms with Crippen LogP contribution in [0.25, 0.3) is 0 Å². The van der Waals surface area contributed by atoms with Gasteiger partial charge in [-0.3, -0.25) is 19.2 Å². The monoisotopic (exact) mass is 916 g/mol. The number of carbonyl (C=O) groups excluding carboxylic acids is 4.